The number of anilines is 1. The molecule has 1 N–H and O–H groups in total. The summed E-state index contributed by atoms with van der Waals surface area (Å²) >= 11 is 0. The largest absolute Gasteiger partial charge is 0.508 e. The first kappa shape index (κ1) is 19.6. The van der Waals surface area contributed by atoms with E-state index in [-0.39, 0.29) is 5.75 Å². The number of phenolic OH excluding ortho intramolecular Hbond substituents is 1. The van der Waals surface area contributed by atoms with Gasteiger partial charge in [0.2, 0.25) is 5.95 Å². The number of ether oxygens (including phenoxy) is 1. The maximum absolute atomic E-state index is 9.97. The number of hydrogen-bond acceptors (Lipinski definition) is 7. The fourth-order valence-electron chi connectivity index (χ4n) is 3.66. The van der Waals surface area contributed by atoms with Gasteiger partial charge < -0.3 is 19.6 Å². The molecule has 1 fully saturated rings. The summed E-state index contributed by atoms with van der Waals surface area (Å²) in [5, 5.41) is 15.5. The first-order chi connectivity index (χ1) is 14.2. The van der Waals surface area contributed by atoms with E-state index in [2.05, 4.69) is 28.7 Å². The van der Waals surface area contributed by atoms with Crippen LogP contribution in [0.3, 0.4) is 0 Å². The van der Waals surface area contributed by atoms with Crippen molar-refractivity contribution in [2.45, 2.75) is 20.4 Å². The lowest BCUT2D eigenvalue weighted by atomic mass is 10.1. The summed E-state index contributed by atoms with van der Waals surface area (Å²) in [6.07, 6.45) is 1.83. The standard InChI is InChI=1S/C21H28N6O2/c1-3-25(4-2)8-9-27-20-18(15-22-27)19(16-6-5-7-17(28)14-16)23-21(24-20)26-10-12-29-13-11-26/h5-7,14-15,28H,3-4,8-13H2,1-2H3. The van der Waals surface area contributed by atoms with Crippen molar-refractivity contribution >= 4 is 17.0 Å². The van der Waals surface area contributed by atoms with Crippen LogP contribution in [0, 0.1) is 0 Å². The van der Waals surface area contributed by atoms with Crippen molar-refractivity contribution in [3.05, 3.63) is 30.5 Å². The summed E-state index contributed by atoms with van der Waals surface area (Å²) in [7, 11) is 0. The predicted octanol–water partition coefficient (Wildman–Crippen LogP) is 2.38. The Morgan fingerprint density at radius 3 is 2.66 bits per heavy atom. The molecule has 0 radical (unpaired) electrons. The second-order valence-corrected chi connectivity index (χ2v) is 7.15. The minimum absolute atomic E-state index is 0.219. The van der Waals surface area contributed by atoms with Gasteiger partial charge in [-0.2, -0.15) is 10.1 Å². The van der Waals surface area contributed by atoms with Crippen LogP contribution in [0.2, 0.25) is 0 Å². The van der Waals surface area contributed by atoms with Crippen LogP contribution in [-0.2, 0) is 11.3 Å². The number of aromatic hydroxyl groups is 1. The van der Waals surface area contributed by atoms with Crippen LogP contribution < -0.4 is 4.90 Å². The minimum atomic E-state index is 0.219. The Balaban J connectivity index is 1.78. The number of nitrogens with zero attached hydrogens (tertiary/aromatic N) is 6. The molecule has 0 saturated carbocycles. The molecule has 0 bridgehead atoms. The van der Waals surface area contributed by atoms with E-state index in [0.29, 0.717) is 19.2 Å². The number of aromatic nitrogens is 4. The zero-order chi connectivity index (χ0) is 20.2. The highest BCUT2D eigenvalue weighted by Crippen LogP contribution is 2.30. The summed E-state index contributed by atoms with van der Waals surface area (Å²) in [5.74, 6) is 0.903. The van der Waals surface area contributed by atoms with Gasteiger partial charge in [0.25, 0.3) is 0 Å². The summed E-state index contributed by atoms with van der Waals surface area (Å²) in [5.41, 5.74) is 2.48. The summed E-state index contributed by atoms with van der Waals surface area (Å²) in [4.78, 5) is 14.3. The zero-order valence-corrected chi connectivity index (χ0v) is 17.1. The van der Waals surface area contributed by atoms with Gasteiger partial charge in [-0.05, 0) is 25.2 Å². The highest BCUT2D eigenvalue weighted by Gasteiger charge is 2.20. The number of fused-ring (bicyclic) bond motifs is 1. The molecule has 1 aliphatic heterocycles. The fraction of sp³-hybridized carbons (Fsp3) is 0.476. The zero-order valence-electron chi connectivity index (χ0n) is 17.1. The Kier molecular flexibility index (Phi) is 5.92. The Labute approximate surface area is 170 Å². The molecule has 0 aliphatic carbocycles. The smallest absolute Gasteiger partial charge is 0.228 e. The Bertz CT molecular complexity index is 963. The molecule has 0 amide bonds. The maximum Gasteiger partial charge on any atom is 0.228 e. The molecule has 1 saturated heterocycles. The molecule has 1 aromatic carbocycles. The first-order valence-electron chi connectivity index (χ1n) is 10.3. The van der Waals surface area contributed by atoms with Crippen LogP contribution in [0.25, 0.3) is 22.3 Å². The highest BCUT2D eigenvalue weighted by molar-refractivity contribution is 5.91. The van der Waals surface area contributed by atoms with E-state index in [1.807, 2.05) is 23.0 Å². The number of phenols is 1. The van der Waals surface area contributed by atoms with E-state index in [0.717, 1.165) is 61.6 Å². The van der Waals surface area contributed by atoms with Gasteiger partial charge in [-0.1, -0.05) is 26.0 Å². The molecule has 154 valence electrons. The van der Waals surface area contributed by atoms with E-state index < -0.39 is 0 Å². The van der Waals surface area contributed by atoms with Crippen LogP contribution in [0.1, 0.15) is 13.8 Å². The number of likely N-dealkylation sites (N-methyl/N-ethyl adjacent to an activating group) is 1. The first-order valence-corrected chi connectivity index (χ1v) is 10.3. The SMILES string of the molecule is CCN(CC)CCn1ncc2c(-c3cccc(O)c3)nc(N3CCOCC3)nc21. The molecule has 29 heavy (non-hydrogen) atoms. The third-order valence-corrected chi connectivity index (χ3v) is 5.42. The number of hydrogen-bond donors (Lipinski definition) is 1. The van der Waals surface area contributed by atoms with Crippen LogP contribution >= 0.6 is 0 Å². The third kappa shape index (κ3) is 4.18. The van der Waals surface area contributed by atoms with Crippen molar-refractivity contribution in [2.75, 3.05) is 50.8 Å². The summed E-state index contributed by atoms with van der Waals surface area (Å²) in [6, 6.07) is 7.19. The second-order valence-electron chi connectivity index (χ2n) is 7.15. The Hall–Kier alpha value is -2.71. The van der Waals surface area contributed by atoms with Crippen molar-refractivity contribution in [1.29, 1.82) is 0 Å². The molecule has 3 aromatic rings. The molecule has 8 heteroatoms. The van der Waals surface area contributed by atoms with E-state index in [9.17, 15) is 5.11 Å². The number of benzene rings is 1. The normalized spacial score (nSPS) is 14.8. The van der Waals surface area contributed by atoms with Gasteiger partial charge in [0.1, 0.15) is 5.75 Å². The molecule has 4 rings (SSSR count). The van der Waals surface area contributed by atoms with Gasteiger partial charge in [-0.15, -0.1) is 0 Å². The van der Waals surface area contributed by atoms with Crippen LogP contribution in [0.5, 0.6) is 5.75 Å². The fourth-order valence-corrected chi connectivity index (χ4v) is 3.66. The van der Waals surface area contributed by atoms with E-state index in [1.54, 1.807) is 12.1 Å². The van der Waals surface area contributed by atoms with Crippen LogP contribution in [-0.4, -0.2) is 75.7 Å². The number of rotatable bonds is 7. The second kappa shape index (κ2) is 8.75. The molecule has 0 atom stereocenters. The van der Waals surface area contributed by atoms with Gasteiger partial charge in [0, 0.05) is 25.2 Å². The van der Waals surface area contributed by atoms with Crippen LogP contribution in [0.4, 0.5) is 5.95 Å². The minimum Gasteiger partial charge on any atom is -0.508 e. The van der Waals surface area contributed by atoms with Crippen molar-refractivity contribution in [3.63, 3.8) is 0 Å². The van der Waals surface area contributed by atoms with E-state index in [1.165, 1.54) is 0 Å². The summed E-state index contributed by atoms with van der Waals surface area (Å²) in [6.45, 7) is 10.9. The molecule has 1 aliphatic rings. The lowest BCUT2D eigenvalue weighted by Gasteiger charge is -2.27. The van der Waals surface area contributed by atoms with Crippen molar-refractivity contribution in [1.82, 2.24) is 24.6 Å². The Morgan fingerprint density at radius 1 is 1.14 bits per heavy atom. The topological polar surface area (TPSA) is 79.5 Å². The van der Waals surface area contributed by atoms with Gasteiger partial charge in [0.15, 0.2) is 5.65 Å². The van der Waals surface area contributed by atoms with Crippen LogP contribution in [0.15, 0.2) is 30.5 Å². The average molecular weight is 396 g/mol. The third-order valence-electron chi connectivity index (χ3n) is 5.42. The molecular weight excluding hydrogens is 368 g/mol. The van der Waals surface area contributed by atoms with Gasteiger partial charge in [0.05, 0.1) is 37.0 Å². The molecule has 8 nitrogen and oxygen atoms in total. The lowest BCUT2D eigenvalue weighted by Crippen LogP contribution is -2.37. The molecular formula is C21H28N6O2. The van der Waals surface area contributed by atoms with E-state index >= 15 is 0 Å². The maximum atomic E-state index is 9.97. The highest BCUT2D eigenvalue weighted by atomic mass is 16.5. The van der Waals surface area contributed by atoms with Gasteiger partial charge in [-0.25, -0.2) is 9.67 Å². The van der Waals surface area contributed by atoms with Crippen molar-refractivity contribution in [3.8, 4) is 17.0 Å². The quantitative estimate of drug-likeness (QED) is 0.657. The average Bonchev–Trinajstić information content (AvgIpc) is 3.17. The van der Waals surface area contributed by atoms with Gasteiger partial charge >= 0.3 is 0 Å². The summed E-state index contributed by atoms with van der Waals surface area (Å²) < 4.78 is 7.45. The molecule has 2 aromatic heterocycles. The monoisotopic (exact) mass is 396 g/mol. The molecule has 0 unspecified atom stereocenters. The number of morpholine rings is 1. The Morgan fingerprint density at radius 2 is 1.93 bits per heavy atom. The molecule has 0 spiro atoms. The van der Waals surface area contributed by atoms with Crippen molar-refractivity contribution in [2.24, 2.45) is 0 Å². The van der Waals surface area contributed by atoms with Crippen molar-refractivity contribution < 1.29 is 9.84 Å². The van der Waals surface area contributed by atoms with E-state index in [4.69, 9.17) is 14.7 Å². The lowest BCUT2D eigenvalue weighted by molar-refractivity contribution is 0.122. The van der Waals surface area contributed by atoms with Gasteiger partial charge in [-0.3, -0.25) is 0 Å². The molecule has 3 heterocycles. The predicted molar refractivity (Wildman–Crippen MR) is 113 cm³/mol.